The maximum atomic E-state index is 12.5. The minimum Gasteiger partial charge on any atom is -0.378 e. The number of anilines is 3. The Kier molecular flexibility index (Phi) is 6.13. The fourth-order valence-electron chi connectivity index (χ4n) is 5.61. The van der Waals surface area contributed by atoms with E-state index < -0.39 is 5.66 Å². The smallest absolute Gasteiger partial charge is 0.240 e. The number of carbonyl (C=O) groups excluding carboxylic acids is 1. The first kappa shape index (κ1) is 24.8. The topological polar surface area (TPSA) is 79.5 Å². The highest BCUT2D eigenvalue weighted by atomic mass is 16.2. The first-order valence-corrected chi connectivity index (χ1v) is 13.2. The van der Waals surface area contributed by atoms with Gasteiger partial charge in [-0.1, -0.05) is 47.7 Å². The molecular weight excluding hydrogens is 488 g/mol. The van der Waals surface area contributed by atoms with Gasteiger partial charge in [0.2, 0.25) is 5.91 Å². The van der Waals surface area contributed by atoms with E-state index in [4.69, 9.17) is 10.2 Å². The summed E-state index contributed by atoms with van der Waals surface area (Å²) in [6.45, 7) is 4.14. The van der Waals surface area contributed by atoms with Gasteiger partial charge < -0.3 is 4.90 Å². The van der Waals surface area contributed by atoms with Crippen LogP contribution >= 0.6 is 0 Å². The van der Waals surface area contributed by atoms with Crippen molar-refractivity contribution in [2.24, 2.45) is 20.5 Å². The Hall–Kier alpha value is -4.53. The van der Waals surface area contributed by atoms with Gasteiger partial charge in [0.05, 0.1) is 23.1 Å². The van der Waals surface area contributed by atoms with Gasteiger partial charge >= 0.3 is 0 Å². The SMILES string of the molecule is CC(=O)N1N=C(c2ccc(N3N=NCC34CC(C)=NN4c3ccccc3)cc2)CC1c1ccc(N(C)C)cc1. The molecule has 39 heavy (non-hydrogen) atoms. The molecule has 1 spiro atoms. The van der Waals surface area contributed by atoms with Crippen molar-refractivity contribution in [3.05, 3.63) is 90.0 Å². The van der Waals surface area contributed by atoms with Crippen molar-refractivity contribution >= 4 is 34.4 Å². The lowest BCUT2D eigenvalue weighted by atomic mass is 9.97. The summed E-state index contributed by atoms with van der Waals surface area (Å²) in [6, 6.07) is 26.6. The molecule has 0 saturated carbocycles. The van der Waals surface area contributed by atoms with E-state index in [1.807, 2.05) is 49.2 Å². The first-order chi connectivity index (χ1) is 18.9. The fourth-order valence-corrected chi connectivity index (χ4v) is 5.61. The van der Waals surface area contributed by atoms with Crippen molar-refractivity contribution < 1.29 is 4.79 Å². The third-order valence-electron chi connectivity index (χ3n) is 7.55. The van der Waals surface area contributed by atoms with Crippen LogP contribution in [0.25, 0.3) is 0 Å². The van der Waals surface area contributed by atoms with Crippen LogP contribution < -0.4 is 14.9 Å². The molecule has 0 aliphatic carbocycles. The highest BCUT2D eigenvalue weighted by molar-refractivity contribution is 6.03. The number of rotatable bonds is 5. The zero-order valence-corrected chi connectivity index (χ0v) is 22.7. The maximum absolute atomic E-state index is 12.5. The Morgan fingerprint density at radius 3 is 2.26 bits per heavy atom. The van der Waals surface area contributed by atoms with Crippen LogP contribution in [0.3, 0.4) is 0 Å². The number of para-hydroxylation sites is 1. The van der Waals surface area contributed by atoms with Gasteiger partial charge in [0.25, 0.3) is 0 Å². The van der Waals surface area contributed by atoms with Crippen molar-refractivity contribution in [1.29, 1.82) is 0 Å². The molecule has 6 rings (SSSR count). The molecule has 3 aromatic rings. The van der Waals surface area contributed by atoms with E-state index in [2.05, 4.69) is 75.9 Å². The minimum atomic E-state index is -0.507. The van der Waals surface area contributed by atoms with Gasteiger partial charge in [-0.3, -0.25) is 4.79 Å². The largest absolute Gasteiger partial charge is 0.378 e. The molecule has 3 heterocycles. The van der Waals surface area contributed by atoms with Gasteiger partial charge in [-0.25, -0.2) is 15.0 Å². The molecule has 3 aliphatic rings. The fraction of sp³-hybridized carbons (Fsp3) is 0.300. The van der Waals surface area contributed by atoms with Crippen LogP contribution in [0.5, 0.6) is 0 Å². The monoisotopic (exact) mass is 520 g/mol. The van der Waals surface area contributed by atoms with E-state index in [0.29, 0.717) is 13.0 Å². The summed E-state index contributed by atoms with van der Waals surface area (Å²) in [5, 5.41) is 24.2. The van der Waals surface area contributed by atoms with E-state index in [1.165, 1.54) is 0 Å². The van der Waals surface area contributed by atoms with Crippen LogP contribution in [0.1, 0.15) is 43.9 Å². The van der Waals surface area contributed by atoms with Crippen molar-refractivity contribution in [2.75, 3.05) is 35.6 Å². The van der Waals surface area contributed by atoms with Crippen LogP contribution in [-0.4, -0.2) is 48.6 Å². The molecule has 3 aliphatic heterocycles. The Morgan fingerprint density at radius 1 is 0.897 bits per heavy atom. The highest BCUT2D eigenvalue weighted by Crippen LogP contribution is 2.42. The summed E-state index contributed by atoms with van der Waals surface area (Å²) in [5.41, 5.74) is 6.55. The number of hydrogen-bond donors (Lipinski definition) is 0. The first-order valence-electron chi connectivity index (χ1n) is 13.2. The second kappa shape index (κ2) is 9.65. The minimum absolute atomic E-state index is 0.0691. The number of benzene rings is 3. The normalized spacial score (nSPS) is 22.1. The van der Waals surface area contributed by atoms with Gasteiger partial charge in [-0.05, 0) is 54.4 Å². The summed E-state index contributed by atoms with van der Waals surface area (Å²) < 4.78 is 0. The van der Waals surface area contributed by atoms with E-state index in [9.17, 15) is 4.79 Å². The molecule has 0 aromatic heterocycles. The molecule has 198 valence electrons. The number of hydrazone groups is 2. The predicted molar refractivity (Wildman–Crippen MR) is 155 cm³/mol. The quantitative estimate of drug-likeness (QED) is 0.437. The van der Waals surface area contributed by atoms with Crippen LogP contribution in [0.2, 0.25) is 0 Å². The average molecular weight is 521 g/mol. The highest BCUT2D eigenvalue weighted by Gasteiger charge is 2.51. The Bertz CT molecular complexity index is 1460. The van der Waals surface area contributed by atoms with Crippen molar-refractivity contribution in [3.63, 3.8) is 0 Å². The lowest BCUT2D eigenvalue weighted by molar-refractivity contribution is -0.130. The standard InChI is InChI=1S/C30H32N8O/c1-21-19-30(37(32-21)26-8-6-5-7-9-26)20-31-34-38(30)27-16-10-23(11-17-27)28-18-29(36(33-28)22(2)39)24-12-14-25(15-13-24)35(3)4/h5-17,29H,18-20H2,1-4H3. The van der Waals surface area contributed by atoms with E-state index in [-0.39, 0.29) is 11.9 Å². The molecule has 9 nitrogen and oxygen atoms in total. The van der Waals surface area contributed by atoms with Crippen LogP contribution in [0.4, 0.5) is 17.1 Å². The molecule has 1 amide bonds. The molecule has 0 radical (unpaired) electrons. The van der Waals surface area contributed by atoms with Gasteiger partial charge in [0.15, 0.2) is 5.66 Å². The molecular formula is C30H32N8O. The second-order valence-corrected chi connectivity index (χ2v) is 10.5. The van der Waals surface area contributed by atoms with Crippen LogP contribution in [-0.2, 0) is 4.79 Å². The van der Waals surface area contributed by atoms with Crippen molar-refractivity contribution in [1.82, 2.24) is 5.01 Å². The molecule has 2 unspecified atom stereocenters. The third-order valence-corrected chi connectivity index (χ3v) is 7.55. The zero-order chi connectivity index (χ0) is 27.1. The van der Waals surface area contributed by atoms with E-state index in [0.717, 1.165) is 46.0 Å². The molecule has 0 saturated heterocycles. The predicted octanol–water partition coefficient (Wildman–Crippen LogP) is 5.62. The molecule has 0 bridgehead atoms. The summed E-state index contributed by atoms with van der Waals surface area (Å²) in [4.78, 5) is 14.6. The molecule has 3 aromatic carbocycles. The molecule has 2 atom stereocenters. The lowest BCUT2D eigenvalue weighted by Crippen LogP contribution is -2.55. The maximum Gasteiger partial charge on any atom is 0.240 e. The number of amides is 1. The summed E-state index contributed by atoms with van der Waals surface area (Å²) in [5.74, 6) is -0.0691. The number of nitrogens with zero attached hydrogens (tertiary/aromatic N) is 8. The van der Waals surface area contributed by atoms with E-state index in [1.54, 1.807) is 11.9 Å². The Morgan fingerprint density at radius 2 is 1.59 bits per heavy atom. The average Bonchev–Trinajstić information content (AvgIpc) is 3.66. The second-order valence-electron chi connectivity index (χ2n) is 10.5. The van der Waals surface area contributed by atoms with Gasteiger partial charge in [0, 0.05) is 45.3 Å². The van der Waals surface area contributed by atoms with Crippen LogP contribution in [0, 0.1) is 0 Å². The summed E-state index contributed by atoms with van der Waals surface area (Å²) in [7, 11) is 4.03. The van der Waals surface area contributed by atoms with Gasteiger partial charge in [-0.15, -0.1) is 0 Å². The number of carbonyl (C=O) groups is 1. The molecule has 0 N–H and O–H groups in total. The van der Waals surface area contributed by atoms with Crippen molar-refractivity contribution in [3.8, 4) is 0 Å². The lowest BCUT2D eigenvalue weighted by Gasteiger charge is -2.39. The number of hydrogen-bond acceptors (Lipinski definition) is 8. The van der Waals surface area contributed by atoms with Crippen molar-refractivity contribution in [2.45, 2.75) is 38.4 Å². The summed E-state index contributed by atoms with van der Waals surface area (Å²) >= 11 is 0. The Labute approximate surface area is 228 Å². The molecule has 9 heteroatoms. The molecule has 0 fully saturated rings. The van der Waals surface area contributed by atoms with Gasteiger partial charge in [-0.2, -0.15) is 15.3 Å². The summed E-state index contributed by atoms with van der Waals surface area (Å²) in [6.07, 6.45) is 1.40. The van der Waals surface area contributed by atoms with Gasteiger partial charge in [0.1, 0.15) is 6.54 Å². The Balaban J connectivity index is 1.26. The zero-order valence-electron chi connectivity index (χ0n) is 22.7. The third kappa shape index (κ3) is 4.33. The van der Waals surface area contributed by atoms with E-state index >= 15 is 0 Å². The van der Waals surface area contributed by atoms with Crippen LogP contribution in [0.15, 0.2) is 99.4 Å².